The van der Waals surface area contributed by atoms with Gasteiger partial charge in [0, 0.05) is 293 Å². The fourth-order valence-electron chi connectivity index (χ4n) is 22.2. The molecule has 0 spiro atoms. The lowest BCUT2D eigenvalue weighted by atomic mass is 9.84. The summed E-state index contributed by atoms with van der Waals surface area (Å²) in [5, 5.41) is 3.09. The van der Waals surface area contributed by atoms with Crippen molar-refractivity contribution in [3.63, 3.8) is 0 Å². The molecule has 8 aliphatic rings. The summed E-state index contributed by atoms with van der Waals surface area (Å²) >= 11 is 0. The van der Waals surface area contributed by atoms with Gasteiger partial charge in [-0.2, -0.15) is 0 Å². The topological polar surface area (TPSA) is 115 Å². The van der Waals surface area contributed by atoms with Crippen molar-refractivity contribution in [2.24, 2.45) is 34.5 Å². The average Bonchev–Trinajstić information content (AvgIpc) is 1.55. The molecule has 0 unspecified atom stereocenters. The van der Waals surface area contributed by atoms with E-state index in [4.69, 9.17) is 36.6 Å². The quantitative estimate of drug-likeness (QED) is 0.0372. The molecule has 12 aromatic rings. The van der Waals surface area contributed by atoms with E-state index in [0.717, 1.165) is 68.9 Å². The highest BCUT2D eigenvalue weighted by atomic mass is 19.3. The Morgan fingerprint density at radius 3 is 0.664 bits per heavy atom. The first-order valence-corrected chi connectivity index (χ1v) is 51.1. The van der Waals surface area contributed by atoms with Crippen LogP contribution >= 0.6 is 0 Å². The Bertz CT molecular complexity index is 6030. The largest absolute Gasteiger partial charge is 0.492 e. The molecule has 0 bridgehead atoms. The zero-order valence-electron chi connectivity index (χ0n) is 84.9. The van der Waals surface area contributed by atoms with Crippen LogP contribution in [0, 0.1) is 81.0 Å². The summed E-state index contributed by atoms with van der Waals surface area (Å²) in [6, 6.07) is 35.1. The Balaban J connectivity index is 0.000000133. The van der Waals surface area contributed by atoms with E-state index in [9.17, 15) is 35.1 Å². The zero-order chi connectivity index (χ0) is 104. The number of benzene rings is 8. The molecule has 8 aromatic carbocycles. The number of halogens is 16. The van der Waals surface area contributed by atoms with Crippen molar-refractivity contribution in [3.8, 4) is 23.0 Å². The van der Waals surface area contributed by atoms with E-state index >= 15 is 35.1 Å². The lowest BCUT2D eigenvalue weighted by Crippen LogP contribution is -2.49. The molecular formula is C114H132F16N8O8. The van der Waals surface area contributed by atoms with Crippen LogP contribution in [-0.2, 0) is 25.7 Å². The van der Waals surface area contributed by atoms with Crippen LogP contribution in [0.1, 0.15) is 188 Å². The van der Waals surface area contributed by atoms with E-state index in [1.807, 2.05) is 58.3 Å². The van der Waals surface area contributed by atoms with Crippen molar-refractivity contribution in [3.05, 3.63) is 260 Å². The maximum Gasteiger partial charge on any atom is 0.260 e. The Kier molecular flexibility index (Phi) is 32.9. The van der Waals surface area contributed by atoms with Gasteiger partial charge in [-0.25, -0.2) is 52.7 Å². The first kappa shape index (κ1) is 107. The first-order chi connectivity index (χ1) is 69.7. The number of likely N-dealkylation sites (tertiary alicyclic amines) is 4. The zero-order valence-corrected chi connectivity index (χ0v) is 84.9. The van der Waals surface area contributed by atoms with Crippen LogP contribution in [0.5, 0.6) is 23.0 Å². The molecule has 0 N–H and O–H groups in total. The van der Waals surface area contributed by atoms with Gasteiger partial charge in [0.2, 0.25) is 0 Å². The molecule has 20 rings (SSSR count). The monoisotopic (exact) mass is 2040 g/mol. The van der Waals surface area contributed by atoms with Gasteiger partial charge in [0.25, 0.3) is 11.8 Å². The van der Waals surface area contributed by atoms with E-state index in [0.29, 0.717) is 175 Å². The molecule has 0 amide bonds. The molecular weight excluding hydrogens is 1910 g/mol. The highest BCUT2D eigenvalue weighted by Gasteiger charge is 2.50. The normalized spacial score (nSPS) is 21.4. The number of hydrogen-bond acceptors (Lipinski definition) is 16. The predicted octanol–water partition coefficient (Wildman–Crippen LogP) is 25.5. The summed E-state index contributed by atoms with van der Waals surface area (Å²) in [7, 11) is 0. The number of para-hydroxylation sites is 4. The van der Waals surface area contributed by atoms with Gasteiger partial charge in [-0.15, -0.1) is 0 Å². The summed E-state index contributed by atoms with van der Waals surface area (Å²) in [6.45, 7) is 30.6. The van der Waals surface area contributed by atoms with Crippen LogP contribution in [0.4, 0.5) is 70.2 Å². The molecule has 12 heterocycles. The van der Waals surface area contributed by atoms with Crippen molar-refractivity contribution in [2.75, 3.05) is 158 Å². The van der Waals surface area contributed by atoms with Crippen LogP contribution in [-0.4, -0.2) is 233 Å². The molecule has 0 aliphatic carbocycles. The molecule has 4 saturated heterocycles. The standard InChI is InChI=1S/2C29H35F3N2O2.2C28H31F5N2O2/c2*1-18-11-25-26(21-7-5-6-8-24(21)36-25)28(34(18)17-29(2,3)4)27-22(31)12-20(13-23(27)32)35-10-9-33-15-19(14-30)16-33;2*1-3-28(32,33)16-35-17(2)10-24-25(20-6-4-5-7-23(20)37-24)27(35)26-21(30)11-19(12-22(26)31)36-9-8-34-14-18(13-29)15-34/h2*5-8,12-13,18-19,28H,9-11,14-17H2,1-4H3;2*4-7,11-12,17-18,27H,3,8-10,13-16H2,1-2H3/t2*18-,28+;2*17-,27+/m1010/s1. The third-order valence-electron chi connectivity index (χ3n) is 29.6. The number of fused-ring (bicyclic) bond motifs is 12. The van der Waals surface area contributed by atoms with Crippen LogP contribution in [0.25, 0.3) is 43.9 Å². The van der Waals surface area contributed by atoms with Gasteiger partial charge in [0.15, 0.2) is 0 Å². The van der Waals surface area contributed by atoms with Crippen molar-refractivity contribution < 1.29 is 107 Å². The second kappa shape index (κ2) is 44.8. The molecule has 8 aliphatic heterocycles. The molecule has 0 radical (unpaired) electrons. The molecule has 788 valence electrons. The molecule has 4 aromatic heterocycles. The van der Waals surface area contributed by atoms with Crippen molar-refractivity contribution >= 4 is 43.9 Å². The second-order valence-electron chi connectivity index (χ2n) is 43.5. The van der Waals surface area contributed by atoms with Gasteiger partial charge >= 0.3 is 0 Å². The number of alkyl halides is 8. The fraction of sp³-hybridized carbons (Fsp3) is 0.509. The molecule has 4 fully saturated rings. The first-order valence-electron chi connectivity index (χ1n) is 51.1. The molecule has 32 heteroatoms. The van der Waals surface area contributed by atoms with E-state index in [1.165, 1.54) is 47.9 Å². The number of rotatable bonds is 32. The smallest absolute Gasteiger partial charge is 0.260 e. The Morgan fingerprint density at radius 1 is 0.288 bits per heavy atom. The van der Waals surface area contributed by atoms with Gasteiger partial charge in [-0.05, 0) is 62.8 Å². The summed E-state index contributed by atoms with van der Waals surface area (Å²) in [6.07, 6.45) is 1.29. The third-order valence-corrected chi connectivity index (χ3v) is 29.6. The summed E-state index contributed by atoms with van der Waals surface area (Å²) < 4.78 is 282. The molecule has 8 atom stereocenters. The number of hydrogen-bond donors (Lipinski definition) is 0. The minimum Gasteiger partial charge on any atom is -0.492 e. The minimum atomic E-state index is -3.03. The van der Waals surface area contributed by atoms with Crippen LogP contribution in [0.15, 0.2) is 163 Å². The van der Waals surface area contributed by atoms with Crippen molar-refractivity contribution in [1.29, 1.82) is 0 Å². The summed E-state index contributed by atoms with van der Waals surface area (Å²) in [5.74, 6) is -8.69. The van der Waals surface area contributed by atoms with Crippen LogP contribution in [0.2, 0.25) is 0 Å². The molecule has 0 saturated carbocycles. The lowest BCUT2D eigenvalue weighted by molar-refractivity contribution is -0.0558. The Morgan fingerprint density at radius 2 is 0.479 bits per heavy atom. The van der Waals surface area contributed by atoms with E-state index < -0.39 is 108 Å². The van der Waals surface area contributed by atoms with Crippen LogP contribution in [0.3, 0.4) is 0 Å². The summed E-state index contributed by atoms with van der Waals surface area (Å²) in [4.78, 5) is 15.5. The van der Waals surface area contributed by atoms with Gasteiger partial charge in [-0.3, -0.25) is 56.8 Å². The van der Waals surface area contributed by atoms with Gasteiger partial charge in [0.05, 0.1) is 64.0 Å². The van der Waals surface area contributed by atoms with Gasteiger partial charge < -0.3 is 36.6 Å². The highest BCUT2D eigenvalue weighted by molar-refractivity contribution is 5.87. The SMILES string of the molecule is CCC(F)(F)CN1[C@@H](c2c(F)cc(OCCN3CC(CF)C3)cc2F)c2c(oc3ccccc23)C[C@@H]1C.CCC(F)(F)CN1[C@H](c2c(F)cc(OCCN3CC(CF)C3)cc2F)c2c(oc3ccccc23)C[C@H]1C.C[C@@H]1Cc2oc3ccccc3c2[C@@H](c2c(F)cc(OCCN3CC(CF)C3)cc2F)N1CC(C)(C)C.C[C@H]1Cc2oc3ccccc3c2[C@H](c2c(F)cc(OCCN3CC(CF)C3)cc2F)N1CC(C)(C)C. The maximum atomic E-state index is 15.8. The van der Waals surface area contributed by atoms with E-state index in [-0.39, 0.29) is 145 Å². The second-order valence-corrected chi connectivity index (χ2v) is 43.5. The lowest BCUT2D eigenvalue weighted by Gasteiger charge is -2.43. The Hall–Kier alpha value is -10.3. The number of furan rings is 4. The molecule has 16 nitrogen and oxygen atoms in total. The van der Waals surface area contributed by atoms with Gasteiger partial charge in [0.1, 0.15) is 141 Å². The maximum absolute atomic E-state index is 15.8. The average molecular weight is 2050 g/mol. The minimum absolute atomic E-state index is 0.0212. The molecule has 146 heavy (non-hydrogen) atoms. The predicted molar refractivity (Wildman–Crippen MR) is 532 cm³/mol. The van der Waals surface area contributed by atoms with E-state index in [1.54, 1.807) is 62.4 Å². The van der Waals surface area contributed by atoms with Crippen molar-refractivity contribution in [2.45, 2.75) is 182 Å². The third kappa shape index (κ3) is 23.6. The fourth-order valence-corrected chi connectivity index (χ4v) is 22.2. The highest BCUT2D eigenvalue weighted by Crippen LogP contribution is 2.53. The number of ether oxygens (including phenoxy) is 4. The Labute approximate surface area is 842 Å². The van der Waals surface area contributed by atoms with Crippen molar-refractivity contribution in [1.82, 2.24) is 39.2 Å². The number of nitrogens with zero attached hydrogens (tertiary/aromatic N) is 8. The van der Waals surface area contributed by atoms with E-state index in [2.05, 4.69) is 75.0 Å². The summed E-state index contributed by atoms with van der Waals surface area (Å²) in [5.41, 5.74) is 4.62. The van der Waals surface area contributed by atoms with Crippen LogP contribution < -0.4 is 18.9 Å². The van der Waals surface area contributed by atoms with Gasteiger partial charge in [-0.1, -0.05) is 128 Å².